The molecule has 2 bridgehead atoms. The number of likely N-dealkylation sites (tertiary alicyclic amines) is 1. The number of aliphatic imine (C=N–C) groups is 1. The van der Waals surface area contributed by atoms with Gasteiger partial charge in [0.1, 0.15) is 23.5 Å². The number of ether oxygens (including phenoxy) is 1. The van der Waals surface area contributed by atoms with Gasteiger partial charge in [0.15, 0.2) is 0 Å². The number of benzene rings is 1. The van der Waals surface area contributed by atoms with Crippen LogP contribution in [0.25, 0.3) is 0 Å². The Morgan fingerprint density at radius 1 is 1.29 bits per heavy atom. The van der Waals surface area contributed by atoms with Gasteiger partial charge in [0, 0.05) is 29.9 Å². The average molecular weight is 500 g/mol. The minimum atomic E-state index is -0.431. The van der Waals surface area contributed by atoms with Crippen molar-refractivity contribution in [2.24, 2.45) is 4.99 Å². The molecule has 3 saturated heterocycles. The fourth-order valence-corrected chi connectivity index (χ4v) is 5.79. The third kappa shape index (κ3) is 4.74. The predicted molar refractivity (Wildman–Crippen MR) is 135 cm³/mol. The first kappa shape index (κ1) is 24.0. The molecular weight excluding hydrogens is 469 g/mol. The number of carbonyl (C=O) groups is 1. The lowest BCUT2D eigenvalue weighted by molar-refractivity contribution is 0.0482. The van der Waals surface area contributed by atoms with Crippen LogP contribution in [0.5, 0.6) is 5.75 Å². The Labute approximate surface area is 210 Å². The summed E-state index contributed by atoms with van der Waals surface area (Å²) in [5.74, 6) is 0.101. The molecule has 0 saturated carbocycles. The molecule has 0 aliphatic carbocycles. The zero-order valence-electron chi connectivity index (χ0n) is 20.1. The van der Waals surface area contributed by atoms with Crippen molar-refractivity contribution in [3.05, 3.63) is 52.2 Å². The van der Waals surface area contributed by atoms with Gasteiger partial charge in [-0.2, -0.15) is 0 Å². The Kier molecular flexibility index (Phi) is 6.68. The predicted octanol–water partition coefficient (Wildman–Crippen LogP) is 4.44. The van der Waals surface area contributed by atoms with E-state index in [1.165, 1.54) is 31.0 Å². The molecule has 4 aliphatic rings. The summed E-state index contributed by atoms with van der Waals surface area (Å²) >= 11 is 6.07. The molecule has 1 aromatic carbocycles. The van der Waals surface area contributed by atoms with Gasteiger partial charge in [-0.3, -0.25) is 9.69 Å². The zero-order chi connectivity index (χ0) is 24.7. The largest absolute Gasteiger partial charge is 0.489 e. The molecule has 0 aromatic heterocycles. The molecule has 3 fully saturated rings. The number of fused-ring (bicyclic) bond motifs is 2. The molecule has 0 unspecified atom stereocenters. The summed E-state index contributed by atoms with van der Waals surface area (Å²) < 4.78 is 20.5. The Morgan fingerprint density at radius 2 is 2.03 bits per heavy atom. The molecular formula is C26H31ClFN5O2. The molecule has 35 heavy (non-hydrogen) atoms. The van der Waals surface area contributed by atoms with Crippen LogP contribution in [0, 0.1) is 11.2 Å². The van der Waals surface area contributed by atoms with E-state index in [9.17, 15) is 9.18 Å². The first-order chi connectivity index (χ1) is 16.8. The van der Waals surface area contributed by atoms with Crippen LogP contribution in [-0.2, 0) is 0 Å². The highest BCUT2D eigenvalue weighted by molar-refractivity contribution is 6.43. The van der Waals surface area contributed by atoms with Gasteiger partial charge in [-0.1, -0.05) is 18.5 Å². The SMILES string of the molecule is CCCN1[C@@H]2CC[C@H]1C[C@@H](Oc1cc(F)ccc1C(=O)N1CC(=N)/C(=C3/N=C(C)C(Cl)=CN3)C1)C2. The van der Waals surface area contributed by atoms with Crippen LogP contribution in [0.15, 0.2) is 45.8 Å². The Morgan fingerprint density at radius 3 is 2.71 bits per heavy atom. The summed E-state index contributed by atoms with van der Waals surface area (Å²) in [5, 5.41) is 12.0. The zero-order valence-corrected chi connectivity index (χ0v) is 20.9. The fourth-order valence-electron chi connectivity index (χ4n) is 5.70. The first-order valence-electron chi connectivity index (χ1n) is 12.3. The standard InChI is InChI=1S/C26H31ClFN5O2/c1-3-8-33-17-5-6-18(33)11-19(10-17)35-24-9-16(28)4-7-20(24)26(34)32-13-21(23(29)14-32)25-30-12-22(27)15(2)31-25/h4,7,9,12,17-19,29-30H,3,5-6,8,10-11,13-14H2,1-2H3/b25-21+,29-23?/t17-,18+,19+. The van der Waals surface area contributed by atoms with Crippen LogP contribution in [0.2, 0.25) is 0 Å². The highest BCUT2D eigenvalue weighted by atomic mass is 35.5. The smallest absolute Gasteiger partial charge is 0.258 e. The molecule has 0 spiro atoms. The molecule has 186 valence electrons. The number of hydrogen-bond donors (Lipinski definition) is 2. The highest BCUT2D eigenvalue weighted by Crippen LogP contribution is 2.38. The number of nitrogens with one attached hydrogen (secondary N) is 2. The van der Waals surface area contributed by atoms with Crippen molar-refractivity contribution in [3.8, 4) is 5.75 Å². The third-order valence-corrected chi connectivity index (χ3v) is 7.77. The molecule has 9 heteroatoms. The van der Waals surface area contributed by atoms with Crippen LogP contribution in [0.1, 0.15) is 56.3 Å². The first-order valence-corrected chi connectivity index (χ1v) is 12.7. The van der Waals surface area contributed by atoms with Crippen molar-refractivity contribution in [2.75, 3.05) is 19.6 Å². The van der Waals surface area contributed by atoms with E-state index >= 15 is 0 Å². The molecule has 4 aliphatic heterocycles. The van der Waals surface area contributed by atoms with Crippen LogP contribution in [0.4, 0.5) is 4.39 Å². The van der Waals surface area contributed by atoms with Gasteiger partial charge in [0.05, 0.1) is 35.1 Å². The molecule has 7 nitrogen and oxygen atoms in total. The molecule has 1 aromatic rings. The monoisotopic (exact) mass is 499 g/mol. The van der Waals surface area contributed by atoms with E-state index in [0.717, 1.165) is 25.8 Å². The summed E-state index contributed by atoms with van der Waals surface area (Å²) in [7, 11) is 0. The van der Waals surface area contributed by atoms with E-state index in [4.69, 9.17) is 21.7 Å². The molecule has 5 rings (SSSR count). The van der Waals surface area contributed by atoms with Gasteiger partial charge in [-0.15, -0.1) is 0 Å². The quantitative estimate of drug-likeness (QED) is 0.627. The van der Waals surface area contributed by atoms with Gasteiger partial charge >= 0.3 is 0 Å². The van der Waals surface area contributed by atoms with E-state index in [2.05, 4.69) is 22.1 Å². The normalized spacial score (nSPS) is 28.6. The van der Waals surface area contributed by atoms with Crippen LogP contribution in [0.3, 0.4) is 0 Å². The van der Waals surface area contributed by atoms with Gasteiger partial charge < -0.3 is 20.4 Å². The number of halogens is 2. The Balaban J connectivity index is 1.33. The third-order valence-electron chi connectivity index (χ3n) is 7.39. The second-order valence-corrected chi connectivity index (χ2v) is 10.2. The summed E-state index contributed by atoms with van der Waals surface area (Å²) in [5.41, 5.74) is 1.93. The second-order valence-electron chi connectivity index (χ2n) is 9.78. The van der Waals surface area contributed by atoms with E-state index in [1.807, 2.05) is 0 Å². The van der Waals surface area contributed by atoms with Crippen molar-refractivity contribution in [1.82, 2.24) is 15.1 Å². The average Bonchev–Trinajstić information content (AvgIpc) is 3.32. The van der Waals surface area contributed by atoms with Crippen molar-refractivity contribution >= 4 is 28.9 Å². The lowest BCUT2D eigenvalue weighted by atomic mass is 9.99. The topological polar surface area (TPSA) is 81.0 Å². The number of allylic oxidation sites excluding steroid dienone is 1. The summed E-state index contributed by atoms with van der Waals surface area (Å²) in [6, 6.07) is 5.09. The molecule has 4 heterocycles. The Bertz CT molecular complexity index is 1130. The summed E-state index contributed by atoms with van der Waals surface area (Å²) in [6.45, 7) is 5.49. The van der Waals surface area contributed by atoms with Gasteiger partial charge in [-0.25, -0.2) is 9.38 Å². The van der Waals surface area contributed by atoms with Crippen molar-refractivity contribution < 1.29 is 13.9 Å². The van der Waals surface area contributed by atoms with Crippen molar-refractivity contribution in [2.45, 2.75) is 64.1 Å². The van der Waals surface area contributed by atoms with Crippen LogP contribution in [-0.4, -0.2) is 65.0 Å². The number of hydrogen-bond acceptors (Lipinski definition) is 6. The molecule has 3 atom stereocenters. The fraction of sp³-hybridized carbons (Fsp3) is 0.500. The molecule has 0 radical (unpaired) electrons. The van der Waals surface area contributed by atoms with E-state index in [0.29, 0.717) is 45.5 Å². The van der Waals surface area contributed by atoms with Gasteiger partial charge in [0.2, 0.25) is 0 Å². The summed E-state index contributed by atoms with van der Waals surface area (Å²) in [6.07, 6.45) is 6.85. The molecule has 1 amide bonds. The minimum absolute atomic E-state index is 0.0381. The van der Waals surface area contributed by atoms with Gasteiger partial charge in [-0.05, 0) is 57.7 Å². The second kappa shape index (κ2) is 9.74. The van der Waals surface area contributed by atoms with Gasteiger partial charge in [0.25, 0.3) is 5.91 Å². The Hall–Kier alpha value is -2.71. The number of rotatable bonds is 5. The number of carbonyl (C=O) groups excluding carboxylic acids is 1. The van der Waals surface area contributed by atoms with Crippen molar-refractivity contribution in [1.29, 1.82) is 5.41 Å². The van der Waals surface area contributed by atoms with E-state index in [1.54, 1.807) is 18.0 Å². The number of nitrogens with zero attached hydrogens (tertiary/aromatic N) is 3. The lowest BCUT2D eigenvalue weighted by Crippen LogP contribution is -2.46. The summed E-state index contributed by atoms with van der Waals surface area (Å²) in [4.78, 5) is 22.1. The van der Waals surface area contributed by atoms with Crippen LogP contribution < -0.4 is 10.1 Å². The number of piperidine rings is 1. The lowest BCUT2D eigenvalue weighted by Gasteiger charge is -2.39. The maximum atomic E-state index is 14.2. The van der Waals surface area contributed by atoms with Crippen LogP contribution >= 0.6 is 11.6 Å². The maximum Gasteiger partial charge on any atom is 0.258 e. The van der Waals surface area contributed by atoms with E-state index in [-0.39, 0.29) is 30.9 Å². The maximum absolute atomic E-state index is 14.2. The minimum Gasteiger partial charge on any atom is -0.489 e. The van der Waals surface area contributed by atoms with E-state index < -0.39 is 5.82 Å². The van der Waals surface area contributed by atoms with Crippen molar-refractivity contribution in [3.63, 3.8) is 0 Å². The highest BCUT2D eigenvalue weighted by Gasteiger charge is 2.41. The molecule has 2 N–H and O–H groups in total. The number of amides is 1.